The zero-order valence-corrected chi connectivity index (χ0v) is 11.6. The lowest BCUT2D eigenvalue weighted by molar-refractivity contribution is -0.130. The second kappa shape index (κ2) is 5.90. The highest BCUT2D eigenvalue weighted by Gasteiger charge is 2.14. The number of aromatic nitrogens is 2. The molecule has 0 aliphatic carbocycles. The van der Waals surface area contributed by atoms with Gasteiger partial charge in [0, 0.05) is 13.6 Å². The molecular formula is C14H18FN3O2. The number of H-pyrrole nitrogens is 1. The molecule has 0 radical (unpaired) electrons. The van der Waals surface area contributed by atoms with Crippen LogP contribution in [-0.2, 0) is 11.3 Å². The zero-order valence-electron chi connectivity index (χ0n) is 11.6. The van der Waals surface area contributed by atoms with Crippen LogP contribution in [0.1, 0.15) is 19.8 Å². The number of nitrogens with zero attached hydrogens (tertiary/aromatic N) is 2. The Morgan fingerprint density at radius 3 is 2.90 bits per heavy atom. The molecule has 1 N–H and O–H groups in total. The van der Waals surface area contributed by atoms with Crippen LogP contribution in [0.5, 0.6) is 0 Å². The van der Waals surface area contributed by atoms with Gasteiger partial charge in [0.15, 0.2) is 0 Å². The summed E-state index contributed by atoms with van der Waals surface area (Å²) in [6.07, 6.45) is 1.93. The van der Waals surface area contributed by atoms with E-state index in [0.29, 0.717) is 17.6 Å². The van der Waals surface area contributed by atoms with E-state index in [1.165, 1.54) is 22.8 Å². The van der Waals surface area contributed by atoms with Crippen LogP contribution in [0.4, 0.5) is 4.39 Å². The van der Waals surface area contributed by atoms with E-state index in [1.54, 1.807) is 11.9 Å². The van der Waals surface area contributed by atoms with Crippen molar-refractivity contribution in [2.75, 3.05) is 13.6 Å². The van der Waals surface area contributed by atoms with Gasteiger partial charge in [0.05, 0.1) is 11.0 Å². The van der Waals surface area contributed by atoms with Gasteiger partial charge in [-0.1, -0.05) is 13.3 Å². The quantitative estimate of drug-likeness (QED) is 0.906. The summed E-state index contributed by atoms with van der Waals surface area (Å²) in [5.74, 6) is -0.553. The molecule has 2 rings (SSSR count). The summed E-state index contributed by atoms with van der Waals surface area (Å²) in [6, 6.07) is 4.03. The Morgan fingerprint density at radius 2 is 2.20 bits per heavy atom. The summed E-state index contributed by atoms with van der Waals surface area (Å²) in [6.45, 7) is 2.68. The third-order valence-electron chi connectivity index (χ3n) is 3.30. The minimum Gasteiger partial charge on any atom is -0.344 e. The van der Waals surface area contributed by atoms with Crippen LogP contribution >= 0.6 is 0 Å². The number of hydrogen-bond donors (Lipinski definition) is 1. The van der Waals surface area contributed by atoms with Gasteiger partial charge in [0.2, 0.25) is 5.91 Å². The molecule has 1 aromatic heterocycles. The van der Waals surface area contributed by atoms with Gasteiger partial charge in [-0.25, -0.2) is 9.18 Å². The number of imidazole rings is 1. The molecule has 0 bridgehead atoms. The van der Waals surface area contributed by atoms with Crippen molar-refractivity contribution in [2.45, 2.75) is 26.3 Å². The summed E-state index contributed by atoms with van der Waals surface area (Å²) in [4.78, 5) is 28.1. The summed E-state index contributed by atoms with van der Waals surface area (Å²) in [5.41, 5.74) is 0.537. The maximum atomic E-state index is 13.1. The maximum Gasteiger partial charge on any atom is 0.326 e. The Morgan fingerprint density at radius 1 is 1.45 bits per heavy atom. The molecule has 0 fully saturated rings. The minimum absolute atomic E-state index is 0.0370. The molecule has 0 aliphatic heterocycles. The van der Waals surface area contributed by atoms with E-state index >= 15 is 0 Å². The number of amides is 1. The van der Waals surface area contributed by atoms with Crippen molar-refractivity contribution in [1.82, 2.24) is 14.5 Å². The fourth-order valence-electron chi connectivity index (χ4n) is 2.07. The molecule has 5 nitrogen and oxygen atoms in total. The Bertz CT molecular complexity index is 675. The summed E-state index contributed by atoms with van der Waals surface area (Å²) >= 11 is 0. The second-order valence-electron chi connectivity index (χ2n) is 4.85. The first-order valence-electron chi connectivity index (χ1n) is 6.65. The van der Waals surface area contributed by atoms with Crippen molar-refractivity contribution >= 4 is 16.9 Å². The Kier molecular flexibility index (Phi) is 4.22. The number of fused-ring (bicyclic) bond motifs is 1. The molecule has 20 heavy (non-hydrogen) atoms. The molecule has 1 heterocycles. The molecule has 0 atom stereocenters. The Balaban J connectivity index is 2.23. The minimum atomic E-state index is -0.419. The normalized spacial score (nSPS) is 10.9. The van der Waals surface area contributed by atoms with Gasteiger partial charge in [0.25, 0.3) is 0 Å². The van der Waals surface area contributed by atoms with Crippen molar-refractivity contribution in [2.24, 2.45) is 0 Å². The van der Waals surface area contributed by atoms with Crippen molar-refractivity contribution in [1.29, 1.82) is 0 Å². The highest BCUT2D eigenvalue weighted by molar-refractivity contribution is 5.80. The molecule has 1 aromatic carbocycles. The van der Waals surface area contributed by atoms with Gasteiger partial charge < -0.3 is 9.88 Å². The first-order chi connectivity index (χ1) is 9.52. The number of rotatable bonds is 5. The van der Waals surface area contributed by atoms with E-state index in [2.05, 4.69) is 11.9 Å². The molecule has 108 valence electrons. The zero-order chi connectivity index (χ0) is 14.7. The van der Waals surface area contributed by atoms with E-state index in [1.807, 2.05) is 0 Å². The van der Waals surface area contributed by atoms with Gasteiger partial charge in [-0.3, -0.25) is 9.36 Å². The highest BCUT2D eigenvalue weighted by Crippen LogP contribution is 2.12. The summed E-state index contributed by atoms with van der Waals surface area (Å²) < 4.78 is 14.4. The van der Waals surface area contributed by atoms with Crippen LogP contribution in [0.3, 0.4) is 0 Å². The van der Waals surface area contributed by atoms with Crippen LogP contribution in [0.15, 0.2) is 23.0 Å². The van der Waals surface area contributed by atoms with Crippen molar-refractivity contribution in [3.05, 3.63) is 34.5 Å². The Labute approximate surface area is 116 Å². The summed E-state index contributed by atoms with van der Waals surface area (Å²) in [5, 5.41) is 0. The third kappa shape index (κ3) is 2.89. The lowest BCUT2D eigenvalue weighted by atomic mass is 10.3. The van der Waals surface area contributed by atoms with Crippen LogP contribution in [0.25, 0.3) is 11.0 Å². The largest absolute Gasteiger partial charge is 0.344 e. The number of carbonyl (C=O) groups excluding carboxylic acids is 1. The molecule has 6 heteroatoms. The van der Waals surface area contributed by atoms with Crippen molar-refractivity contribution < 1.29 is 9.18 Å². The molecular weight excluding hydrogens is 261 g/mol. The lowest BCUT2D eigenvalue weighted by Gasteiger charge is -2.16. The van der Waals surface area contributed by atoms with E-state index in [0.717, 1.165) is 12.8 Å². The lowest BCUT2D eigenvalue weighted by Crippen LogP contribution is -2.33. The van der Waals surface area contributed by atoms with Gasteiger partial charge in [-0.2, -0.15) is 0 Å². The highest BCUT2D eigenvalue weighted by atomic mass is 19.1. The van der Waals surface area contributed by atoms with E-state index in [4.69, 9.17) is 0 Å². The monoisotopic (exact) mass is 279 g/mol. The standard InChI is InChI=1S/C14H18FN3O2/c1-3-4-7-17(2)13(19)9-18-12-6-5-10(15)8-11(12)16-14(18)20/h5-6,8H,3-4,7,9H2,1-2H3,(H,16,20). The van der Waals surface area contributed by atoms with Crippen LogP contribution in [0, 0.1) is 5.82 Å². The second-order valence-corrected chi connectivity index (χ2v) is 4.85. The molecule has 0 unspecified atom stereocenters. The number of unbranched alkanes of at least 4 members (excludes halogenated alkanes) is 1. The van der Waals surface area contributed by atoms with Crippen LogP contribution in [0.2, 0.25) is 0 Å². The average molecular weight is 279 g/mol. The number of benzene rings is 1. The SMILES string of the molecule is CCCCN(C)C(=O)Cn1c(=O)[nH]c2cc(F)ccc21. The molecule has 0 spiro atoms. The smallest absolute Gasteiger partial charge is 0.326 e. The first kappa shape index (κ1) is 14.3. The van der Waals surface area contributed by atoms with Gasteiger partial charge >= 0.3 is 5.69 Å². The van der Waals surface area contributed by atoms with Gasteiger partial charge in [0.1, 0.15) is 12.4 Å². The molecule has 0 saturated carbocycles. The maximum absolute atomic E-state index is 13.1. The number of carbonyl (C=O) groups is 1. The van der Waals surface area contributed by atoms with Crippen LogP contribution < -0.4 is 5.69 Å². The molecule has 0 aliphatic rings. The number of aromatic amines is 1. The molecule has 1 amide bonds. The average Bonchev–Trinajstić information content (AvgIpc) is 2.71. The number of nitrogens with one attached hydrogen (secondary N) is 1. The predicted molar refractivity (Wildman–Crippen MR) is 75.1 cm³/mol. The topological polar surface area (TPSA) is 58.1 Å². The molecule has 2 aromatic rings. The molecule has 0 saturated heterocycles. The summed E-state index contributed by atoms with van der Waals surface area (Å²) in [7, 11) is 1.72. The van der Waals surface area contributed by atoms with E-state index in [-0.39, 0.29) is 12.5 Å². The van der Waals surface area contributed by atoms with Gasteiger partial charge in [-0.15, -0.1) is 0 Å². The van der Waals surface area contributed by atoms with E-state index in [9.17, 15) is 14.0 Å². The van der Waals surface area contributed by atoms with E-state index < -0.39 is 11.5 Å². The predicted octanol–water partition coefficient (Wildman–Crippen LogP) is 1.73. The first-order valence-corrected chi connectivity index (χ1v) is 6.65. The number of halogens is 1. The number of hydrogen-bond acceptors (Lipinski definition) is 2. The van der Waals surface area contributed by atoms with Gasteiger partial charge in [-0.05, 0) is 24.6 Å². The van der Waals surface area contributed by atoms with Crippen molar-refractivity contribution in [3.63, 3.8) is 0 Å². The Hall–Kier alpha value is -2.11. The third-order valence-corrected chi connectivity index (χ3v) is 3.30. The fourth-order valence-corrected chi connectivity index (χ4v) is 2.07. The number of likely N-dealkylation sites (N-methyl/N-ethyl adjacent to an activating group) is 1. The van der Waals surface area contributed by atoms with Crippen molar-refractivity contribution in [3.8, 4) is 0 Å². The fraction of sp³-hybridized carbons (Fsp3) is 0.429. The van der Waals surface area contributed by atoms with Crippen LogP contribution in [-0.4, -0.2) is 34.0 Å².